The van der Waals surface area contributed by atoms with Crippen molar-refractivity contribution in [2.75, 3.05) is 20.0 Å². The van der Waals surface area contributed by atoms with E-state index in [1.807, 2.05) is 37.3 Å². The lowest BCUT2D eigenvalue weighted by atomic mass is 10.1. The summed E-state index contributed by atoms with van der Waals surface area (Å²) in [5, 5.41) is 0. The molecular weight excluding hydrogens is 278 g/mol. The topological polar surface area (TPSA) is 64.6 Å². The Labute approximate surface area is 121 Å². The molecule has 0 aliphatic heterocycles. The molecule has 114 valence electrons. The van der Waals surface area contributed by atoms with Gasteiger partial charge < -0.3 is 9.47 Å². The van der Waals surface area contributed by atoms with Gasteiger partial charge in [-0.25, -0.2) is 13.1 Å². The summed E-state index contributed by atoms with van der Waals surface area (Å²) < 4.78 is 36.3. The zero-order valence-corrected chi connectivity index (χ0v) is 13.0. The number of rotatable bonds is 9. The van der Waals surface area contributed by atoms with Gasteiger partial charge in [-0.05, 0) is 25.3 Å². The Kier molecular flexibility index (Phi) is 7.15. The lowest BCUT2D eigenvalue weighted by Crippen LogP contribution is -2.39. The van der Waals surface area contributed by atoms with Crippen LogP contribution in [0.2, 0.25) is 0 Å². The summed E-state index contributed by atoms with van der Waals surface area (Å²) in [6.45, 7) is 1.86. The number of benzene rings is 1. The minimum absolute atomic E-state index is 0.130. The third-order valence-electron chi connectivity index (χ3n) is 2.97. The smallest absolute Gasteiger partial charge is 0.216 e. The van der Waals surface area contributed by atoms with Crippen molar-refractivity contribution in [3.05, 3.63) is 35.9 Å². The van der Waals surface area contributed by atoms with E-state index in [2.05, 4.69) is 4.72 Å². The second kappa shape index (κ2) is 8.36. The van der Waals surface area contributed by atoms with Crippen LogP contribution in [0.25, 0.3) is 0 Å². The van der Waals surface area contributed by atoms with Gasteiger partial charge in [0.1, 0.15) is 5.75 Å². The Morgan fingerprint density at radius 3 is 2.30 bits per heavy atom. The molecule has 0 heterocycles. The molecule has 1 N–H and O–H groups in total. The summed E-state index contributed by atoms with van der Waals surface area (Å²) in [5.41, 5.74) is 1.20. The van der Waals surface area contributed by atoms with Gasteiger partial charge in [-0.3, -0.25) is 0 Å². The van der Waals surface area contributed by atoms with Gasteiger partial charge in [-0.15, -0.1) is 0 Å². The van der Waals surface area contributed by atoms with Crippen molar-refractivity contribution >= 4 is 10.0 Å². The van der Waals surface area contributed by atoms with Crippen molar-refractivity contribution in [1.82, 2.24) is 4.72 Å². The fourth-order valence-corrected chi connectivity index (χ4v) is 3.31. The molecule has 0 aliphatic carbocycles. The molecule has 6 heteroatoms. The SMILES string of the molecule is COC(CS(=O)(=O)NC(C)CCc1ccccc1)OC. The second-order valence-corrected chi connectivity index (χ2v) is 6.52. The number of nitrogens with one attached hydrogen (secondary N) is 1. The van der Waals surface area contributed by atoms with Crippen LogP contribution in [0.4, 0.5) is 0 Å². The van der Waals surface area contributed by atoms with Gasteiger partial charge in [0.05, 0.1) is 0 Å². The number of sulfonamides is 1. The molecule has 1 aromatic rings. The van der Waals surface area contributed by atoms with E-state index in [4.69, 9.17) is 9.47 Å². The molecule has 5 nitrogen and oxygen atoms in total. The van der Waals surface area contributed by atoms with Crippen LogP contribution in [0.1, 0.15) is 18.9 Å². The Balaban J connectivity index is 2.42. The van der Waals surface area contributed by atoms with Gasteiger partial charge in [-0.2, -0.15) is 0 Å². The van der Waals surface area contributed by atoms with Crippen molar-refractivity contribution in [1.29, 1.82) is 0 Å². The van der Waals surface area contributed by atoms with Crippen molar-refractivity contribution in [3.63, 3.8) is 0 Å². The average molecular weight is 301 g/mol. The summed E-state index contributed by atoms with van der Waals surface area (Å²) in [6.07, 6.45) is 0.838. The zero-order chi connectivity index (χ0) is 15.0. The third-order valence-corrected chi connectivity index (χ3v) is 4.44. The minimum Gasteiger partial charge on any atom is -0.355 e. The molecule has 20 heavy (non-hydrogen) atoms. The van der Waals surface area contributed by atoms with Gasteiger partial charge in [0.2, 0.25) is 10.0 Å². The molecule has 0 spiro atoms. The standard InChI is InChI=1S/C14H23NO4S/c1-12(9-10-13-7-5-4-6-8-13)15-20(16,17)11-14(18-2)19-3/h4-8,12,14-15H,9-11H2,1-3H3. The highest BCUT2D eigenvalue weighted by molar-refractivity contribution is 7.89. The van der Waals surface area contributed by atoms with Crippen molar-refractivity contribution in [3.8, 4) is 0 Å². The van der Waals surface area contributed by atoms with E-state index < -0.39 is 16.3 Å². The predicted molar refractivity (Wildman–Crippen MR) is 79.0 cm³/mol. The molecule has 0 aliphatic rings. The van der Waals surface area contributed by atoms with Crippen LogP contribution in [0, 0.1) is 0 Å². The van der Waals surface area contributed by atoms with Crippen molar-refractivity contribution < 1.29 is 17.9 Å². The van der Waals surface area contributed by atoms with E-state index in [0.29, 0.717) is 0 Å². The fourth-order valence-electron chi connectivity index (χ4n) is 1.85. The highest BCUT2D eigenvalue weighted by Crippen LogP contribution is 2.06. The lowest BCUT2D eigenvalue weighted by molar-refractivity contribution is -0.0853. The highest BCUT2D eigenvalue weighted by Gasteiger charge is 2.20. The van der Waals surface area contributed by atoms with Crippen LogP contribution in [-0.2, 0) is 25.9 Å². The zero-order valence-electron chi connectivity index (χ0n) is 12.2. The van der Waals surface area contributed by atoms with Gasteiger partial charge >= 0.3 is 0 Å². The van der Waals surface area contributed by atoms with Gasteiger partial charge in [-0.1, -0.05) is 30.3 Å². The first-order valence-electron chi connectivity index (χ1n) is 6.56. The Morgan fingerprint density at radius 1 is 1.15 bits per heavy atom. The monoisotopic (exact) mass is 301 g/mol. The average Bonchev–Trinajstić information content (AvgIpc) is 2.43. The largest absolute Gasteiger partial charge is 0.355 e. The molecular formula is C14H23NO4S. The van der Waals surface area contributed by atoms with Crippen LogP contribution >= 0.6 is 0 Å². The number of hydrogen-bond acceptors (Lipinski definition) is 4. The maximum Gasteiger partial charge on any atom is 0.216 e. The summed E-state index contributed by atoms with van der Waals surface area (Å²) in [7, 11) is -0.570. The first kappa shape index (κ1) is 17.1. The summed E-state index contributed by atoms with van der Waals surface area (Å²) in [6, 6.07) is 9.86. The molecule has 0 fully saturated rings. The first-order chi connectivity index (χ1) is 9.46. The summed E-state index contributed by atoms with van der Waals surface area (Å²) >= 11 is 0. The lowest BCUT2D eigenvalue weighted by Gasteiger charge is -2.17. The Bertz CT molecular complexity index is 471. The predicted octanol–water partition coefficient (Wildman–Crippen LogP) is 1.55. The number of aryl methyl sites for hydroxylation is 1. The molecule has 0 amide bonds. The van der Waals surface area contributed by atoms with Crippen LogP contribution in [0.5, 0.6) is 0 Å². The molecule has 0 saturated carbocycles. The summed E-state index contributed by atoms with van der Waals surface area (Å²) in [4.78, 5) is 0. The number of ether oxygens (including phenoxy) is 2. The van der Waals surface area contributed by atoms with Crippen molar-refractivity contribution in [2.45, 2.75) is 32.1 Å². The summed E-state index contributed by atoms with van der Waals surface area (Å²) in [5.74, 6) is -0.199. The maximum absolute atomic E-state index is 11.9. The highest BCUT2D eigenvalue weighted by atomic mass is 32.2. The number of methoxy groups -OCH3 is 2. The van der Waals surface area contributed by atoms with E-state index in [0.717, 1.165) is 12.8 Å². The van der Waals surface area contributed by atoms with Gasteiger partial charge in [0, 0.05) is 20.3 Å². The van der Waals surface area contributed by atoms with Crippen LogP contribution in [0.15, 0.2) is 30.3 Å². The molecule has 1 rings (SSSR count). The van der Waals surface area contributed by atoms with E-state index in [9.17, 15) is 8.42 Å². The second-order valence-electron chi connectivity index (χ2n) is 4.73. The Hall–Kier alpha value is -0.950. The van der Waals surface area contributed by atoms with E-state index in [1.54, 1.807) is 0 Å². The molecule has 0 aromatic heterocycles. The molecule has 0 bridgehead atoms. The first-order valence-corrected chi connectivity index (χ1v) is 8.21. The van der Waals surface area contributed by atoms with Crippen molar-refractivity contribution in [2.24, 2.45) is 0 Å². The van der Waals surface area contributed by atoms with E-state index in [1.165, 1.54) is 19.8 Å². The number of hydrogen-bond donors (Lipinski definition) is 1. The minimum atomic E-state index is -3.41. The Morgan fingerprint density at radius 2 is 1.75 bits per heavy atom. The molecule has 0 radical (unpaired) electrons. The molecule has 1 unspecified atom stereocenters. The molecule has 1 atom stereocenters. The van der Waals surface area contributed by atoms with E-state index in [-0.39, 0.29) is 11.8 Å². The molecule has 1 aromatic carbocycles. The normalized spacial score (nSPS) is 13.6. The third kappa shape index (κ3) is 6.47. The quantitative estimate of drug-likeness (QED) is 0.703. The van der Waals surface area contributed by atoms with E-state index >= 15 is 0 Å². The van der Waals surface area contributed by atoms with Gasteiger partial charge in [0.15, 0.2) is 6.29 Å². The fraction of sp³-hybridized carbons (Fsp3) is 0.571. The maximum atomic E-state index is 11.9. The molecule has 0 saturated heterocycles. The van der Waals surface area contributed by atoms with Crippen LogP contribution in [-0.4, -0.2) is 40.7 Å². The van der Waals surface area contributed by atoms with Gasteiger partial charge in [0.25, 0.3) is 0 Å². The van der Waals surface area contributed by atoms with Crippen LogP contribution in [0.3, 0.4) is 0 Å². The van der Waals surface area contributed by atoms with Crippen LogP contribution < -0.4 is 4.72 Å².